The first kappa shape index (κ1) is 13.6. The molecule has 0 aliphatic carbocycles. The Morgan fingerprint density at radius 1 is 1.16 bits per heavy atom. The molecule has 1 heterocycles. The highest BCUT2D eigenvalue weighted by molar-refractivity contribution is 5.94. The van der Waals surface area contributed by atoms with Crippen LogP contribution in [0.5, 0.6) is 5.75 Å². The Morgan fingerprint density at radius 3 is 2.68 bits per heavy atom. The van der Waals surface area contributed by atoms with E-state index < -0.39 is 0 Å². The number of nitrogen functional groups attached to an aromatic ring is 1. The molecule has 0 aliphatic heterocycles. The predicted molar refractivity (Wildman–Crippen MR) is 77.4 cm³/mol. The molecule has 0 radical (unpaired) electrons. The smallest absolute Gasteiger partial charge is 0.145 e. The first-order chi connectivity index (χ1) is 8.97. The minimum absolute atomic E-state index is 0.148. The Balaban J connectivity index is 2.07. The number of benzene rings is 1. The molecule has 0 amide bonds. The van der Waals surface area contributed by atoms with Gasteiger partial charge in [0.2, 0.25) is 0 Å². The van der Waals surface area contributed by atoms with E-state index in [1.807, 2.05) is 45.0 Å². The number of pyridine rings is 1. The van der Waals surface area contributed by atoms with Crippen LogP contribution in [0, 0.1) is 0 Å². The van der Waals surface area contributed by atoms with Gasteiger partial charge in [0, 0.05) is 17.3 Å². The lowest BCUT2D eigenvalue weighted by molar-refractivity contribution is -0.0161. The Morgan fingerprint density at radius 2 is 1.95 bits per heavy atom. The fraction of sp³-hybridized carbons (Fsp3) is 0.400. The summed E-state index contributed by atoms with van der Waals surface area (Å²) in [4.78, 5) is 4.32. The Labute approximate surface area is 113 Å². The molecule has 0 saturated carbocycles. The molecule has 2 N–H and O–H groups in total. The second-order valence-corrected chi connectivity index (χ2v) is 5.36. The van der Waals surface area contributed by atoms with Crippen LogP contribution in [0.4, 0.5) is 5.69 Å². The molecule has 0 unspecified atom stereocenters. The van der Waals surface area contributed by atoms with E-state index in [-0.39, 0.29) is 5.60 Å². The lowest BCUT2D eigenvalue weighted by atomic mass is 10.2. The molecule has 0 aliphatic rings. The van der Waals surface area contributed by atoms with Crippen LogP contribution in [0.1, 0.15) is 20.8 Å². The van der Waals surface area contributed by atoms with E-state index in [1.165, 1.54) is 0 Å². The van der Waals surface area contributed by atoms with Crippen molar-refractivity contribution in [1.82, 2.24) is 4.98 Å². The predicted octanol–water partition coefficient (Wildman–Crippen LogP) is 3.01. The van der Waals surface area contributed by atoms with E-state index in [0.717, 1.165) is 16.7 Å². The molecule has 19 heavy (non-hydrogen) atoms. The highest BCUT2D eigenvalue weighted by Crippen LogP contribution is 2.27. The lowest BCUT2D eigenvalue weighted by Gasteiger charge is -2.19. The lowest BCUT2D eigenvalue weighted by Crippen LogP contribution is -2.22. The second-order valence-electron chi connectivity index (χ2n) is 5.36. The summed E-state index contributed by atoms with van der Waals surface area (Å²) < 4.78 is 11.3. The Hall–Kier alpha value is -1.81. The number of nitrogens with zero attached hydrogens (tertiary/aromatic N) is 1. The van der Waals surface area contributed by atoms with Crippen molar-refractivity contribution in [2.45, 2.75) is 26.4 Å². The minimum Gasteiger partial charge on any atom is -0.489 e. The highest BCUT2D eigenvalue weighted by atomic mass is 16.5. The van der Waals surface area contributed by atoms with Gasteiger partial charge in [-0.25, -0.2) is 0 Å². The third-order valence-electron chi connectivity index (χ3n) is 2.64. The highest BCUT2D eigenvalue weighted by Gasteiger charge is 2.10. The van der Waals surface area contributed by atoms with Gasteiger partial charge in [-0.3, -0.25) is 4.98 Å². The maximum atomic E-state index is 5.92. The van der Waals surface area contributed by atoms with Gasteiger partial charge in [-0.2, -0.15) is 0 Å². The summed E-state index contributed by atoms with van der Waals surface area (Å²) in [6.45, 7) is 7.10. The number of ether oxygens (including phenoxy) is 2. The van der Waals surface area contributed by atoms with Gasteiger partial charge in [0.05, 0.1) is 12.2 Å². The van der Waals surface area contributed by atoms with Crippen molar-refractivity contribution in [3.8, 4) is 5.75 Å². The van der Waals surface area contributed by atoms with Gasteiger partial charge in [0.25, 0.3) is 0 Å². The summed E-state index contributed by atoms with van der Waals surface area (Å²) in [6.07, 6.45) is 1.74. The largest absolute Gasteiger partial charge is 0.489 e. The van der Waals surface area contributed by atoms with Crippen LogP contribution in [0.15, 0.2) is 30.5 Å². The van der Waals surface area contributed by atoms with E-state index in [4.69, 9.17) is 15.2 Å². The fourth-order valence-corrected chi connectivity index (χ4v) is 1.78. The number of nitrogens with two attached hydrogens (primary N) is 1. The van der Waals surface area contributed by atoms with E-state index in [2.05, 4.69) is 4.98 Å². The molecule has 102 valence electrons. The molecule has 0 bridgehead atoms. The second kappa shape index (κ2) is 5.45. The molecule has 0 spiro atoms. The third-order valence-corrected chi connectivity index (χ3v) is 2.64. The number of hydrogen-bond acceptors (Lipinski definition) is 4. The SMILES string of the molecule is CC(C)(C)OCCOc1ccc(N)c2cccnc12. The number of aromatic nitrogens is 1. The zero-order chi connectivity index (χ0) is 13.9. The molecular formula is C15H20N2O2. The first-order valence-corrected chi connectivity index (χ1v) is 6.37. The average Bonchev–Trinajstić information content (AvgIpc) is 2.36. The van der Waals surface area contributed by atoms with Gasteiger partial charge in [-0.1, -0.05) is 0 Å². The van der Waals surface area contributed by atoms with Gasteiger partial charge in [0.1, 0.15) is 17.9 Å². The van der Waals surface area contributed by atoms with Crippen LogP contribution in [-0.4, -0.2) is 23.8 Å². The monoisotopic (exact) mass is 260 g/mol. The molecule has 0 saturated heterocycles. The molecule has 1 aromatic heterocycles. The van der Waals surface area contributed by atoms with Crippen molar-refractivity contribution in [3.05, 3.63) is 30.5 Å². The number of rotatable bonds is 4. The molecule has 2 rings (SSSR count). The summed E-state index contributed by atoms with van der Waals surface area (Å²) in [7, 11) is 0. The van der Waals surface area contributed by atoms with Crippen LogP contribution in [0.2, 0.25) is 0 Å². The molecule has 4 heteroatoms. The maximum absolute atomic E-state index is 5.92. The van der Waals surface area contributed by atoms with Gasteiger partial charge in [-0.15, -0.1) is 0 Å². The van der Waals surface area contributed by atoms with Crippen molar-refractivity contribution in [2.75, 3.05) is 18.9 Å². The van der Waals surface area contributed by atoms with Crippen molar-refractivity contribution in [2.24, 2.45) is 0 Å². The van der Waals surface area contributed by atoms with E-state index >= 15 is 0 Å². The van der Waals surface area contributed by atoms with E-state index in [0.29, 0.717) is 18.9 Å². The van der Waals surface area contributed by atoms with Gasteiger partial charge in [0.15, 0.2) is 0 Å². The summed E-state index contributed by atoms with van der Waals surface area (Å²) in [5.74, 6) is 0.738. The summed E-state index contributed by atoms with van der Waals surface area (Å²) in [6, 6.07) is 7.49. The summed E-state index contributed by atoms with van der Waals surface area (Å²) >= 11 is 0. The van der Waals surface area contributed by atoms with Crippen LogP contribution in [0.25, 0.3) is 10.9 Å². The molecule has 4 nitrogen and oxygen atoms in total. The Kier molecular flexibility index (Phi) is 3.90. The number of hydrogen-bond donors (Lipinski definition) is 1. The van der Waals surface area contributed by atoms with E-state index in [1.54, 1.807) is 6.20 Å². The van der Waals surface area contributed by atoms with Crippen molar-refractivity contribution in [3.63, 3.8) is 0 Å². The van der Waals surface area contributed by atoms with Crippen molar-refractivity contribution in [1.29, 1.82) is 0 Å². The Bertz CT molecular complexity index is 562. The average molecular weight is 260 g/mol. The zero-order valence-electron chi connectivity index (χ0n) is 11.6. The molecular weight excluding hydrogens is 240 g/mol. The third kappa shape index (κ3) is 3.58. The van der Waals surface area contributed by atoms with Gasteiger partial charge < -0.3 is 15.2 Å². The summed E-state index contributed by atoms with van der Waals surface area (Å²) in [5, 5.41) is 0.914. The van der Waals surface area contributed by atoms with Gasteiger partial charge in [-0.05, 0) is 45.0 Å². The quantitative estimate of drug-likeness (QED) is 0.678. The first-order valence-electron chi connectivity index (χ1n) is 6.37. The molecule has 0 fully saturated rings. The van der Waals surface area contributed by atoms with Crippen molar-refractivity contribution < 1.29 is 9.47 Å². The zero-order valence-corrected chi connectivity index (χ0v) is 11.6. The minimum atomic E-state index is -0.148. The van der Waals surface area contributed by atoms with Crippen molar-refractivity contribution >= 4 is 16.6 Å². The van der Waals surface area contributed by atoms with Crippen LogP contribution < -0.4 is 10.5 Å². The van der Waals surface area contributed by atoms with Crippen LogP contribution in [0.3, 0.4) is 0 Å². The molecule has 2 aromatic rings. The maximum Gasteiger partial charge on any atom is 0.145 e. The topological polar surface area (TPSA) is 57.4 Å². The van der Waals surface area contributed by atoms with Crippen LogP contribution in [-0.2, 0) is 4.74 Å². The molecule has 0 atom stereocenters. The summed E-state index contributed by atoms with van der Waals surface area (Å²) in [5.41, 5.74) is 7.27. The van der Waals surface area contributed by atoms with E-state index in [9.17, 15) is 0 Å². The standard InChI is InChI=1S/C15H20N2O2/c1-15(2,3)19-10-9-18-13-7-6-12(16)11-5-4-8-17-14(11)13/h4-8H,9-10,16H2,1-3H3. The number of anilines is 1. The van der Waals surface area contributed by atoms with Crippen LogP contribution >= 0.6 is 0 Å². The molecule has 1 aromatic carbocycles. The normalized spacial score (nSPS) is 11.7. The number of fused-ring (bicyclic) bond motifs is 1. The van der Waals surface area contributed by atoms with Gasteiger partial charge >= 0.3 is 0 Å². The fourth-order valence-electron chi connectivity index (χ4n) is 1.78.